The van der Waals surface area contributed by atoms with Crippen LogP contribution in [-0.4, -0.2) is 60.1 Å². The number of carbonyl (C=O) groups is 1. The van der Waals surface area contributed by atoms with Gasteiger partial charge in [-0.1, -0.05) is 19.0 Å². The van der Waals surface area contributed by atoms with Gasteiger partial charge < -0.3 is 9.42 Å². The molecule has 1 saturated heterocycles. The first kappa shape index (κ1) is 18.5. The summed E-state index contributed by atoms with van der Waals surface area (Å²) in [5.41, 5.74) is 2.14. The molecule has 4 heterocycles. The first-order valence-electron chi connectivity index (χ1n) is 9.76. The second-order valence-electron chi connectivity index (χ2n) is 7.09. The van der Waals surface area contributed by atoms with Gasteiger partial charge in [-0.25, -0.2) is 9.50 Å². The van der Waals surface area contributed by atoms with Gasteiger partial charge in [0.1, 0.15) is 11.6 Å². The third-order valence-electron chi connectivity index (χ3n) is 5.28. The predicted octanol–water partition coefficient (Wildman–Crippen LogP) is 2.24. The van der Waals surface area contributed by atoms with E-state index in [1.165, 1.54) is 0 Å². The van der Waals surface area contributed by atoms with Gasteiger partial charge in [-0.3, -0.25) is 9.69 Å². The van der Waals surface area contributed by atoms with E-state index in [1.807, 2.05) is 12.4 Å². The first-order chi connectivity index (χ1) is 13.6. The van der Waals surface area contributed by atoms with E-state index in [0.29, 0.717) is 29.5 Å². The van der Waals surface area contributed by atoms with Crippen LogP contribution in [0.1, 0.15) is 60.4 Å². The second kappa shape index (κ2) is 7.67. The van der Waals surface area contributed by atoms with Crippen molar-refractivity contribution >= 4 is 11.6 Å². The summed E-state index contributed by atoms with van der Waals surface area (Å²) in [6, 6.07) is -0.189. The van der Waals surface area contributed by atoms with Crippen LogP contribution in [0.3, 0.4) is 0 Å². The van der Waals surface area contributed by atoms with Crippen LogP contribution in [0.2, 0.25) is 0 Å². The number of aryl methyl sites for hydroxylation is 1. The minimum Gasteiger partial charge on any atom is -0.337 e. The molecule has 1 amide bonds. The van der Waals surface area contributed by atoms with Crippen LogP contribution >= 0.6 is 0 Å². The summed E-state index contributed by atoms with van der Waals surface area (Å²) in [6.07, 6.45) is 7.09. The fraction of sp³-hybridized carbons (Fsp3) is 0.526. The molecule has 148 valence electrons. The van der Waals surface area contributed by atoms with Crippen molar-refractivity contribution in [3.05, 3.63) is 41.4 Å². The van der Waals surface area contributed by atoms with Gasteiger partial charge in [0.25, 0.3) is 5.91 Å². The van der Waals surface area contributed by atoms with Crippen molar-refractivity contribution in [3.63, 3.8) is 0 Å². The Kier molecular flexibility index (Phi) is 5.08. The van der Waals surface area contributed by atoms with E-state index >= 15 is 0 Å². The average molecular weight is 383 g/mol. The molecule has 0 saturated carbocycles. The zero-order chi connectivity index (χ0) is 19.7. The maximum Gasteiger partial charge on any atom is 0.260 e. The van der Waals surface area contributed by atoms with Crippen molar-refractivity contribution in [2.75, 3.05) is 19.6 Å². The van der Waals surface area contributed by atoms with Crippen LogP contribution in [-0.2, 0) is 6.54 Å². The second-order valence-corrected chi connectivity index (χ2v) is 7.09. The molecule has 0 bridgehead atoms. The molecule has 3 aromatic rings. The molecule has 0 aromatic carbocycles. The van der Waals surface area contributed by atoms with Crippen LogP contribution in [0.4, 0.5) is 0 Å². The molecular weight excluding hydrogens is 358 g/mol. The van der Waals surface area contributed by atoms with Crippen LogP contribution in [0.25, 0.3) is 5.65 Å². The third-order valence-corrected chi connectivity index (χ3v) is 5.28. The Morgan fingerprint density at radius 2 is 2.14 bits per heavy atom. The number of fused-ring (bicyclic) bond motifs is 1. The molecule has 0 radical (unpaired) electrons. The maximum atomic E-state index is 13.2. The Labute approximate surface area is 163 Å². The summed E-state index contributed by atoms with van der Waals surface area (Å²) in [7, 11) is 0. The molecule has 0 spiro atoms. The van der Waals surface area contributed by atoms with Crippen molar-refractivity contribution in [2.24, 2.45) is 0 Å². The number of rotatable bonds is 6. The minimum absolute atomic E-state index is 0.0997. The fourth-order valence-corrected chi connectivity index (χ4v) is 3.72. The standard InChI is InChI=1S/C19H25N7O2/c1-4-24(5-2)11-14-9-20-17-15(10-21-26(17)12-14)19(27)25-8-6-7-16(25)18-22-13(3)23-28-18/h9-10,12,16H,4-8,11H2,1-3H3. The number of nitrogens with zero attached hydrogens (tertiary/aromatic N) is 7. The first-order valence-corrected chi connectivity index (χ1v) is 9.76. The van der Waals surface area contributed by atoms with Crippen LogP contribution < -0.4 is 0 Å². The molecule has 1 atom stereocenters. The van der Waals surface area contributed by atoms with Crippen molar-refractivity contribution < 1.29 is 9.32 Å². The molecule has 9 nitrogen and oxygen atoms in total. The highest BCUT2D eigenvalue weighted by atomic mass is 16.5. The highest BCUT2D eigenvalue weighted by Crippen LogP contribution is 2.32. The Morgan fingerprint density at radius 1 is 1.32 bits per heavy atom. The summed E-state index contributed by atoms with van der Waals surface area (Å²) >= 11 is 0. The predicted molar refractivity (Wildman–Crippen MR) is 102 cm³/mol. The summed E-state index contributed by atoms with van der Waals surface area (Å²) in [5, 5.41) is 8.23. The highest BCUT2D eigenvalue weighted by Gasteiger charge is 2.35. The number of likely N-dealkylation sites (tertiary alicyclic amines) is 1. The largest absolute Gasteiger partial charge is 0.337 e. The van der Waals surface area contributed by atoms with E-state index in [0.717, 1.165) is 38.0 Å². The summed E-state index contributed by atoms with van der Waals surface area (Å²) in [4.78, 5) is 26.1. The van der Waals surface area contributed by atoms with Crippen molar-refractivity contribution in [1.29, 1.82) is 0 Å². The minimum atomic E-state index is -0.189. The molecule has 4 rings (SSSR count). The van der Waals surface area contributed by atoms with Crippen LogP contribution in [0.15, 0.2) is 23.1 Å². The lowest BCUT2D eigenvalue weighted by molar-refractivity contribution is 0.0712. The van der Waals surface area contributed by atoms with E-state index in [9.17, 15) is 4.79 Å². The molecule has 9 heteroatoms. The van der Waals surface area contributed by atoms with E-state index in [-0.39, 0.29) is 11.9 Å². The Morgan fingerprint density at radius 3 is 2.86 bits per heavy atom. The van der Waals surface area contributed by atoms with Crippen LogP contribution in [0.5, 0.6) is 0 Å². The smallest absolute Gasteiger partial charge is 0.260 e. The maximum absolute atomic E-state index is 13.2. The summed E-state index contributed by atoms with van der Waals surface area (Å²) in [5.74, 6) is 0.972. The monoisotopic (exact) mass is 383 g/mol. The van der Waals surface area contributed by atoms with Gasteiger partial charge in [0.15, 0.2) is 11.5 Å². The molecule has 1 aliphatic rings. The molecule has 28 heavy (non-hydrogen) atoms. The van der Waals surface area contributed by atoms with Gasteiger partial charge in [-0.15, -0.1) is 0 Å². The van der Waals surface area contributed by atoms with Crippen molar-refractivity contribution in [1.82, 2.24) is 34.5 Å². The number of carbonyl (C=O) groups excluding carboxylic acids is 1. The highest BCUT2D eigenvalue weighted by molar-refractivity contribution is 5.99. The Bertz CT molecular complexity index is 976. The topological polar surface area (TPSA) is 92.7 Å². The molecule has 1 unspecified atom stereocenters. The quantitative estimate of drug-likeness (QED) is 0.644. The van der Waals surface area contributed by atoms with Gasteiger partial charge in [0.2, 0.25) is 5.89 Å². The van der Waals surface area contributed by atoms with Gasteiger partial charge in [0.05, 0.1) is 6.20 Å². The number of hydrogen-bond donors (Lipinski definition) is 0. The van der Waals surface area contributed by atoms with E-state index < -0.39 is 0 Å². The summed E-state index contributed by atoms with van der Waals surface area (Å²) < 4.78 is 7.00. The SMILES string of the molecule is CCN(CC)Cc1cnc2c(C(=O)N3CCCC3c3nc(C)no3)cnn2c1. The molecule has 0 aliphatic carbocycles. The lowest BCUT2D eigenvalue weighted by Crippen LogP contribution is -2.30. The Balaban J connectivity index is 1.59. The zero-order valence-corrected chi connectivity index (χ0v) is 16.5. The molecular formula is C19H25N7O2. The van der Waals surface area contributed by atoms with Gasteiger partial charge in [-0.2, -0.15) is 10.1 Å². The lowest BCUT2D eigenvalue weighted by atomic mass is 10.2. The van der Waals surface area contributed by atoms with Gasteiger partial charge in [0, 0.05) is 31.0 Å². The molecule has 1 aliphatic heterocycles. The normalized spacial score (nSPS) is 17.1. The van der Waals surface area contributed by atoms with E-state index in [1.54, 1.807) is 22.5 Å². The van der Waals surface area contributed by atoms with E-state index in [4.69, 9.17) is 4.52 Å². The third kappa shape index (κ3) is 3.37. The number of amides is 1. The molecule has 3 aromatic heterocycles. The lowest BCUT2D eigenvalue weighted by Gasteiger charge is -2.21. The number of hydrogen-bond acceptors (Lipinski definition) is 7. The van der Waals surface area contributed by atoms with Crippen molar-refractivity contribution in [2.45, 2.75) is 46.2 Å². The van der Waals surface area contributed by atoms with Gasteiger partial charge in [-0.05, 0) is 32.9 Å². The van der Waals surface area contributed by atoms with Gasteiger partial charge >= 0.3 is 0 Å². The fourth-order valence-electron chi connectivity index (χ4n) is 3.72. The van der Waals surface area contributed by atoms with Crippen LogP contribution in [0, 0.1) is 6.92 Å². The Hall–Kier alpha value is -2.81. The zero-order valence-electron chi connectivity index (χ0n) is 16.5. The molecule has 0 N–H and O–H groups in total. The average Bonchev–Trinajstić information content (AvgIpc) is 3.44. The number of aromatic nitrogens is 5. The van der Waals surface area contributed by atoms with Crippen molar-refractivity contribution in [3.8, 4) is 0 Å². The summed E-state index contributed by atoms with van der Waals surface area (Å²) in [6.45, 7) is 9.46. The molecule has 1 fully saturated rings. The van der Waals surface area contributed by atoms with E-state index in [2.05, 4.69) is 39.0 Å².